The Morgan fingerprint density at radius 1 is 0.310 bits per heavy atom. The van der Waals surface area contributed by atoms with Gasteiger partial charge in [0.25, 0.3) is 0 Å². The van der Waals surface area contributed by atoms with Crippen molar-refractivity contribution in [3.63, 3.8) is 0 Å². The SMILES string of the molecule is c1ccc2cc3c(cc2c1)c(-c1ccc2c(cnc4ccccc42)c1)cc1c(-c2cccc4ccccc24)cccc13. The number of para-hydroxylation sites is 1. The Labute approximate surface area is 243 Å². The Bertz CT molecular complexity index is 2520. The second kappa shape index (κ2) is 8.99. The van der Waals surface area contributed by atoms with Gasteiger partial charge in [-0.25, -0.2) is 0 Å². The third kappa shape index (κ3) is 3.47. The Kier molecular flexibility index (Phi) is 4.97. The van der Waals surface area contributed by atoms with E-state index < -0.39 is 0 Å². The van der Waals surface area contributed by atoms with Gasteiger partial charge in [-0.3, -0.25) is 4.98 Å². The summed E-state index contributed by atoms with van der Waals surface area (Å²) in [5.74, 6) is 0. The van der Waals surface area contributed by atoms with E-state index in [4.69, 9.17) is 4.98 Å². The Morgan fingerprint density at radius 3 is 1.79 bits per heavy atom. The molecule has 8 aromatic carbocycles. The minimum atomic E-state index is 1.03. The van der Waals surface area contributed by atoms with Gasteiger partial charge in [0, 0.05) is 17.0 Å². The molecule has 0 bridgehead atoms. The topological polar surface area (TPSA) is 12.9 Å². The van der Waals surface area contributed by atoms with Crippen LogP contribution in [0.4, 0.5) is 0 Å². The predicted molar refractivity (Wildman–Crippen MR) is 180 cm³/mol. The number of hydrogen-bond acceptors (Lipinski definition) is 1. The zero-order valence-corrected chi connectivity index (χ0v) is 22.9. The molecule has 0 atom stereocenters. The Morgan fingerprint density at radius 2 is 0.929 bits per heavy atom. The van der Waals surface area contributed by atoms with E-state index in [2.05, 4.69) is 146 Å². The average molecular weight is 532 g/mol. The van der Waals surface area contributed by atoms with Crippen LogP contribution in [0.15, 0.2) is 152 Å². The molecule has 0 aliphatic rings. The fraction of sp³-hybridized carbons (Fsp3) is 0. The molecule has 9 rings (SSSR count). The van der Waals surface area contributed by atoms with Crippen molar-refractivity contribution in [1.29, 1.82) is 0 Å². The van der Waals surface area contributed by atoms with Gasteiger partial charge in [-0.2, -0.15) is 0 Å². The Balaban J connectivity index is 1.40. The van der Waals surface area contributed by atoms with Crippen LogP contribution >= 0.6 is 0 Å². The van der Waals surface area contributed by atoms with E-state index in [1.807, 2.05) is 6.20 Å². The molecule has 1 heterocycles. The molecule has 0 aliphatic heterocycles. The van der Waals surface area contributed by atoms with E-state index >= 15 is 0 Å². The fourth-order valence-corrected chi connectivity index (χ4v) is 6.83. The highest BCUT2D eigenvalue weighted by Crippen LogP contribution is 2.42. The zero-order valence-electron chi connectivity index (χ0n) is 22.9. The Hall–Kier alpha value is -5.53. The first-order valence-electron chi connectivity index (χ1n) is 14.5. The smallest absolute Gasteiger partial charge is 0.0708 e. The molecule has 0 saturated heterocycles. The van der Waals surface area contributed by atoms with E-state index in [0.717, 1.165) is 10.9 Å². The van der Waals surface area contributed by atoms with Gasteiger partial charge in [0.05, 0.1) is 5.52 Å². The number of fused-ring (bicyclic) bond motifs is 8. The van der Waals surface area contributed by atoms with Crippen molar-refractivity contribution in [1.82, 2.24) is 4.98 Å². The number of hydrogen-bond donors (Lipinski definition) is 0. The molecule has 0 spiro atoms. The quantitative estimate of drug-likeness (QED) is 0.160. The normalized spacial score (nSPS) is 11.8. The van der Waals surface area contributed by atoms with Crippen molar-refractivity contribution < 1.29 is 0 Å². The molecule has 0 amide bonds. The third-order valence-electron chi connectivity index (χ3n) is 8.84. The summed E-state index contributed by atoms with van der Waals surface area (Å²) in [6.07, 6.45) is 2.02. The van der Waals surface area contributed by atoms with Crippen LogP contribution in [0.3, 0.4) is 0 Å². The number of aromatic nitrogens is 1. The molecule has 0 unspecified atom stereocenters. The molecule has 0 N–H and O–H groups in total. The van der Waals surface area contributed by atoms with Crippen LogP contribution < -0.4 is 0 Å². The first kappa shape index (κ1) is 23.2. The van der Waals surface area contributed by atoms with Gasteiger partial charge >= 0.3 is 0 Å². The van der Waals surface area contributed by atoms with E-state index in [9.17, 15) is 0 Å². The summed E-state index contributed by atoms with van der Waals surface area (Å²) in [6.45, 7) is 0. The molecular formula is C41H25N. The van der Waals surface area contributed by atoms with Crippen LogP contribution in [-0.2, 0) is 0 Å². The van der Waals surface area contributed by atoms with Crippen molar-refractivity contribution in [3.05, 3.63) is 152 Å². The minimum Gasteiger partial charge on any atom is -0.256 e. The summed E-state index contributed by atoms with van der Waals surface area (Å²) in [4.78, 5) is 4.78. The van der Waals surface area contributed by atoms with Gasteiger partial charge in [-0.15, -0.1) is 0 Å². The summed E-state index contributed by atoms with van der Waals surface area (Å²) in [5, 5.41) is 13.7. The molecular weight excluding hydrogens is 506 g/mol. The van der Waals surface area contributed by atoms with Crippen molar-refractivity contribution in [2.24, 2.45) is 0 Å². The lowest BCUT2D eigenvalue weighted by Gasteiger charge is -2.17. The minimum absolute atomic E-state index is 1.03. The van der Waals surface area contributed by atoms with E-state index in [-0.39, 0.29) is 0 Å². The lowest BCUT2D eigenvalue weighted by atomic mass is 9.87. The standard InChI is InChI=1S/C41H25N/c1-2-11-28-23-39-37(29-19-20-32-30(21-29)25-42-41-18-6-5-14-36(32)41)24-40-34(16-8-17-35(40)38(39)22-27(28)10-1)33-15-7-12-26-9-3-4-13-31(26)33/h1-25H. The van der Waals surface area contributed by atoms with Crippen molar-refractivity contribution in [2.45, 2.75) is 0 Å². The van der Waals surface area contributed by atoms with Crippen LogP contribution in [-0.4, -0.2) is 4.98 Å². The molecule has 0 saturated carbocycles. The molecule has 42 heavy (non-hydrogen) atoms. The molecule has 1 heteroatoms. The highest BCUT2D eigenvalue weighted by molar-refractivity contribution is 6.21. The number of pyridine rings is 1. The molecule has 0 aliphatic carbocycles. The predicted octanol–water partition coefficient (Wildman–Crippen LogP) is 11.3. The molecule has 1 nitrogen and oxygen atoms in total. The maximum absolute atomic E-state index is 4.78. The van der Waals surface area contributed by atoms with Crippen molar-refractivity contribution in [2.75, 3.05) is 0 Å². The number of rotatable bonds is 2. The second-order valence-electron chi connectivity index (χ2n) is 11.2. The lowest BCUT2D eigenvalue weighted by molar-refractivity contribution is 1.44. The summed E-state index contributed by atoms with van der Waals surface area (Å²) >= 11 is 0. The van der Waals surface area contributed by atoms with Gasteiger partial charge in [0.1, 0.15) is 0 Å². The van der Waals surface area contributed by atoms with E-state index in [1.165, 1.54) is 76.1 Å². The monoisotopic (exact) mass is 531 g/mol. The fourth-order valence-electron chi connectivity index (χ4n) is 6.83. The van der Waals surface area contributed by atoms with Crippen LogP contribution in [0.5, 0.6) is 0 Å². The third-order valence-corrected chi connectivity index (χ3v) is 8.84. The highest BCUT2D eigenvalue weighted by atomic mass is 14.6. The summed E-state index contributed by atoms with van der Waals surface area (Å²) in [5.41, 5.74) is 5.99. The molecule has 1 aromatic heterocycles. The maximum Gasteiger partial charge on any atom is 0.0708 e. The van der Waals surface area contributed by atoms with Gasteiger partial charge in [0.15, 0.2) is 0 Å². The second-order valence-corrected chi connectivity index (χ2v) is 11.2. The zero-order chi connectivity index (χ0) is 27.6. The van der Waals surface area contributed by atoms with Gasteiger partial charge < -0.3 is 0 Å². The van der Waals surface area contributed by atoms with Crippen molar-refractivity contribution in [3.8, 4) is 22.3 Å². The lowest BCUT2D eigenvalue weighted by Crippen LogP contribution is -1.90. The van der Waals surface area contributed by atoms with Crippen LogP contribution in [0.2, 0.25) is 0 Å². The average Bonchev–Trinajstić information content (AvgIpc) is 3.06. The van der Waals surface area contributed by atoms with Crippen LogP contribution in [0, 0.1) is 0 Å². The van der Waals surface area contributed by atoms with Gasteiger partial charge in [0.2, 0.25) is 0 Å². The first-order chi connectivity index (χ1) is 20.8. The van der Waals surface area contributed by atoms with Crippen LogP contribution in [0.1, 0.15) is 0 Å². The summed E-state index contributed by atoms with van der Waals surface area (Å²) in [6, 6.07) is 53.2. The molecule has 0 fully saturated rings. The first-order valence-corrected chi connectivity index (χ1v) is 14.5. The summed E-state index contributed by atoms with van der Waals surface area (Å²) < 4.78 is 0. The van der Waals surface area contributed by atoms with Gasteiger partial charge in [-0.1, -0.05) is 115 Å². The van der Waals surface area contributed by atoms with Crippen LogP contribution in [0.25, 0.3) is 87.0 Å². The molecule has 194 valence electrons. The summed E-state index contributed by atoms with van der Waals surface area (Å²) in [7, 11) is 0. The maximum atomic E-state index is 4.78. The molecule has 0 radical (unpaired) electrons. The van der Waals surface area contributed by atoms with E-state index in [0.29, 0.717) is 0 Å². The largest absolute Gasteiger partial charge is 0.256 e. The van der Waals surface area contributed by atoms with E-state index in [1.54, 1.807) is 0 Å². The van der Waals surface area contributed by atoms with Crippen molar-refractivity contribution >= 4 is 64.8 Å². The highest BCUT2D eigenvalue weighted by Gasteiger charge is 2.15. The number of benzene rings is 8. The number of nitrogens with zero attached hydrogens (tertiary/aromatic N) is 1. The molecule has 9 aromatic rings. The van der Waals surface area contributed by atoms with Gasteiger partial charge in [-0.05, 0) is 101 Å².